The summed E-state index contributed by atoms with van der Waals surface area (Å²) in [4.78, 5) is 48.0. The summed E-state index contributed by atoms with van der Waals surface area (Å²) in [6, 6.07) is -2.19. The number of carbonyl (C=O) groups is 2. The number of ether oxygens (including phenoxy) is 3. The molecule has 17 nitrogen and oxygen atoms in total. The number of methoxy groups -OCH3 is 2. The number of aromatic amines is 1. The van der Waals surface area contributed by atoms with E-state index in [9.17, 15) is 29.2 Å². The van der Waals surface area contributed by atoms with Crippen LogP contribution in [-0.4, -0.2) is 92.4 Å². The van der Waals surface area contributed by atoms with E-state index in [0.29, 0.717) is 12.8 Å². The number of rotatable bonds is 14. The van der Waals surface area contributed by atoms with Crippen molar-refractivity contribution < 1.29 is 43.1 Å². The minimum Gasteiger partial charge on any atom is -0.468 e. The Balaban J connectivity index is 1.95. The van der Waals surface area contributed by atoms with Gasteiger partial charge < -0.3 is 34.7 Å². The highest BCUT2D eigenvalue weighted by molar-refractivity contribution is 7.54. The summed E-state index contributed by atoms with van der Waals surface area (Å²) in [6.45, 7) is 7.89. The van der Waals surface area contributed by atoms with Crippen LogP contribution in [-0.2, 0) is 32.9 Å². The number of aromatic nitrogens is 4. The molecule has 0 aromatic carbocycles. The second-order valence-electron chi connectivity index (χ2n) is 10.9. The van der Waals surface area contributed by atoms with Gasteiger partial charge in [-0.1, -0.05) is 40.5 Å². The quantitative estimate of drug-likeness (QED) is 0.120. The third-order valence-corrected chi connectivity index (χ3v) is 9.58. The molecule has 1 aliphatic heterocycles. The summed E-state index contributed by atoms with van der Waals surface area (Å²) in [7, 11) is -1.94. The molecule has 0 bridgehead atoms. The fourth-order valence-electron chi connectivity index (χ4n) is 4.70. The number of esters is 2. The first-order valence-corrected chi connectivity index (χ1v) is 15.5. The molecular weight excluding hydrogens is 589 g/mol. The van der Waals surface area contributed by atoms with Crippen LogP contribution in [0.2, 0.25) is 0 Å². The maximum atomic E-state index is 14.4. The lowest BCUT2D eigenvalue weighted by atomic mass is 9.96. The number of hydrogen-bond acceptors (Lipinski definition) is 13. The third-order valence-electron chi connectivity index (χ3n) is 7.83. The standard InChI is InChI=1S/C25H42N7O10P/c1-8-12(3)15(21(35)39-6)30-43(38,31-16(13(4)9-2)22(36)40-7)41-10-14-18(33)25(5,37)23(42-14)32-11-27-17-19(32)28-24(26)29-20(17)34/h11-16,18,23,33,37H,8-10H2,1-7H3,(H2,30,31,38)(H3,26,28,29,34)/t12-,13-,14+,15-,16-,18+,23+,25+/m0/s1. The molecule has 2 aromatic rings. The van der Waals surface area contributed by atoms with Crippen molar-refractivity contribution in [2.24, 2.45) is 11.8 Å². The SMILES string of the molecule is CC[C@H](C)[C@H](NP(=O)(N[C@H](C(=O)OC)[C@@H](C)CC)OC[C@H]1O[C@@H](n2cnc3c(=O)[nH]c(N)nc32)[C@](C)(O)[C@@H]1O)C(=O)OC. The number of anilines is 1. The molecule has 8 atom stereocenters. The third kappa shape index (κ3) is 7.25. The van der Waals surface area contributed by atoms with Crippen LogP contribution in [0.1, 0.15) is 53.7 Å². The second-order valence-corrected chi connectivity index (χ2v) is 12.7. The minimum absolute atomic E-state index is 0.00163. The first kappa shape index (κ1) is 34.6. The van der Waals surface area contributed by atoms with E-state index in [4.69, 9.17) is 24.5 Å². The van der Waals surface area contributed by atoms with Gasteiger partial charge in [0.2, 0.25) is 5.95 Å². The number of nitrogens with zero attached hydrogens (tertiary/aromatic N) is 3. The van der Waals surface area contributed by atoms with Gasteiger partial charge in [-0.15, -0.1) is 0 Å². The average Bonchev–Trinajstić information content (AvgIpc) is 3.49. The van der Waals surface area contributed by atoms with E-state index in [1.54, 1.807) is 13.8 Å². The summed E-state index contributed by atoms with van der Waals surface area (Å²) < 4.78 is 37.2. The molecule has 0 amide bonds. The molecule has 242 valence electrons. The number of aliphatic hydroxyl groups is 2. The van der Waals surface area contributed by atoms with Crippen molar-refractivity contribution >= 4 is 36.7 Å². The number of hydrogen-bond donors (Lipinski definition) is 6. The monoisotopic (exact) mass is 631 g/mol. The number of nitrogens with one attached hydrogen (secondary N) is 3. The fraction of sp³-hybridized carbons (Fsp3) is 0.720. The Hall–Kier alpha value is -2.92. The van der Waals surface area contributed by atoms with Gasteiger partial charge in [0.05, 0.1) is 27.2 Å². The van der Waals surface area contributed by atoms with Gasteiger partial charge in [0.25, 0.3) is 5.56 Å². The molecule has 0 aliphatic carbocycles. The van der Waals surface area contributed by atoms with Gasteiger partial charge in [-0.2, -0.15) is 4.98 Å². The van der Waals surface area contributed by atoms with Crippen molar-refractivity contribution in [2.45, 2.75) is 83.6 Å². The maximum absolute atomic E-state index is 14.4. The van der Waals surface area contributed by atoms with Crippen molar-refractivity contribution in [1.29, 1.82) is 0 Å². The van der Waals surface area contributed by atoms with Crippen LogP contribution in [0.3, 0.4) is 0 Å². The Labute approximate surface area is 248 Å². The van der Waals surface area contributed by atoms with Crippen molar-refractivity contribution in [2.75, 3.05) is 26.6 Å². The minimum atomic E-state index is -4.32. The van der Waals surface area contributed by atoms with E-state index in [0.717, 1.165) is 0 Å². The van der Waals surface area contributed by atoms with Gasteiger partial charge in [-0.3, -0.25) is 28.5 Å². The van der Waals surface area contributed by atoms with E-state index >= 15 is 0 Å². The summed E-state index contributed by atoms with van der Waals surface area (Å²) in [5.74, 6) is -2.32. The Bertz CT molecular complexity index is 1360. The smallest absolute Gasteiger partial charge is 0.342 e. The predicted molar refractivity (Wildman–Crippen MR) is 153 cm³/mol. The van der Waals surface area contributed by atoms with Crippen LogP contribution in [0.5, 0.6) is 0 Å². The number of fused-ring (bicyclic) bond motifs is 1. The zero-order chi connectivity index (χ0) is 32.3. The molecule has 0 saturated carbocycles. The molecule has 0 spiro atoms. The van der Waals surface area contributed by atoms with Crippen molar-refractivity contribution in [3.8, 4) is 0 Å². The van der Waals surface area contributed by atoms with Crippen LogP contribution in [0.25, 0.3) is 11.2 Å². The first-order chi connectivity index (χ1) is 20.1. The Kier molecular flexibility index (Phi) is 11.1. The van der Waals surface area contributed by atoms with E-state index in [1.165, 1.54) is 32.0 Å². The zero-order valence-electron chi connectivity index (χ0n) is 25.3. The number of imidazole rings is 1. The first-order valence-electron chi connectivity index (χ1n) is 13.9. The average molecular weight is 632 g/mol. The molecule has 0 unspecified atom stereocenters. The van der Waals surface area contributed by atoms with Crippen molar-refractivity contribution in [3.05, 3.63) is 16.7 Å². The van der Waals surface area contributed by atoms with Gasteiger partial charge >= 0.3 is 19.6 Å². The lowest BCUT2D eigenvalue weighted by molar-refractivity contribution is -0.144. The second kappa shape index (κ2) is 13.8. The molecule has 3 rings (SSSR count). The lowest BCUT2D eigenvalue weighted by Crippen LogP contribution is -2.49. The maximum Gasteiger partial charge on any atom is 0.342 e. The van der Waals surface area contributed by atoms with Gasteiger partial charge in [0, 0.05) is 0 Å². The molecule has 3 heterocycles. The summed E-state index contributed by atoms with van der Waals surface area (Å²) >= 11 is 0. The molecule has 2 aromatic heterocycles. The molecule has 43 heavy (non-hydrogen) atoms. The predicted octanol–water partition coefficient (Wildman–Crippen LogP) is 0.190. The Morgan fingerprint density at radius 3 is 2.21 bits per heavy atom. The van der Waals surface area contributed by atoms with E-state index in [-0.39, 0.29) is 28.9 Å². The van der Waals surface area contributed by atoms with Gasteiger partial charge in [-0.25, -0.2) is 15.2 Å². The number of nitrogens with two attached hydrogens (primary N) is 1. The number of carbonyl (C=O) groups excluding carboxylic acids is 2. The summed E-state index contributed by atoms with van der Waals surface area (Å²) in [6.07, 6.45) is -1.98. The molecule has 0 radical (unpaired) electrons. The topological polar surface area (TPSA) is 242 Å². The molecule has 1 saturated heterocycles. The molecular formula is C25H42N7O10P. The van der Waals surface area contributed by atoms with E-state index < -0.39 is 67.9 Å². The number of nitrogen functional groups attached to an aromatic ring is 1. The van der Waals surface area contributed by atoms with E-state index in [2.05, 4.69) is 25.1 Å². The summed E-state index contributed by atoms with van der Waals surface area (Å²) in [5.41, 5.74) is 3.03. The largest absolute Gasteiger partial charge is 0.468 e. The normalized spacial score (nSPS) is 25.3. The van der Waals surface area contributed by atoms with Gasteiger partial charge in [0.15, 0.2) is 17.4 Å². The highest BCUT2D eigenvalue weighted by Gasteiger charge is 2.54. The molecule has 7 N–H and O–H groups in total. The Morgan fingerprint density at radius 1 is 1.19 bits per heavy atom. The van der Waals surface area contributed by atoms with Crippen LogP contribution in [0.4, 0.5) is 5.95 Å². The fourth-order valence-corrected chi connectivity index (χ4v) is 6.73. The van der Waals surface area contributed by atoms with Crippen molar-refractivity contribution in [3.63, 3.8) is 0 Å². The highest BCUT2D eigenvalue weighted by Crippen LogP contribution is 2.45. The number of H-pyrrole nitrogens is 1. The zero-order valence-corrected chi connectivity index (χ0v) is 26.2. The molecule has 1 aliphatic rings. The van der Waals surface area contributed by atoms with Gasteiger partial charge in [0.1, 0.15) is 29.9 Å². The van der Waals surface area contributed by atoms with E-state index in [1.807, 2.05) is 13.8 Å². The molecule has 1 fully saturated rings. The highest BCUT2D eigenvalue weighted by atomic mass is 31.2. The van der Waals surface area contributed by atoms with Gasteiger partial charge in [-0.05, 0) is 18.8 Å². The van der Waals surface area contributed by atoms with Crippen LogP contribution >= 0.6 is 7.67 Å². The molecule has 18 heteroatoms. The van der Waals surface area contributed by atoms with Crippen LogP contribution < -0.4 is 21.5 Å². The van der Waals surface area contributed by atoms with Crippen LogP contribution in [0, 0.1) is 11.8 Å². The number of aliphatic hydroxyl groups excluding tert-OH is 1. The summed E-state index contributed by atoms with van der Waals surface area (Å²) in [5, 5.41) is 27.7. The Morgan fingerprint density at radius 2 is 1.72 bits per heavy atom. The van der Waals surface area contributed by atoms with Crippen LogP contribution in [0.15, 0.2) is 11.1 Å². The van der Waals surface area contributed by atoms with Crippen molar-refractivity contribution in [1.82, 2.24) is 29.7 Å². The lowest BCUT2D eigenvalue weighted by Gasteiger charge is -2.32.